The molecule has 6 nitrogen and oxygen atoms in total. The summed E-state index contributed by atoms with van der Waals surface area (Å²) in [5.41, 5.74) is 0. The van der Waals surface area contributed by atoms with Gasteiger partial charge in [-0.15, -0.1) is 0 Å². The van der Waals surface area contributed by atoms with Crippen LogP contribution in [0.2, 0.25) is 0 Å². The Kier molecular flexibility index (Phi) is 10.00. The summed E-state index contributed by atoms with van der Waals surface area (Å²) in [4.78, 5) is 33.1. The second-order valence-corrected chi connectivity index (χ2v) is 5.16. The number of carbonyl (C=O) groups is 3. The van der Waals surface area contributed by atoms with E-state index in [1.54, 1.807) is 5.32 Å². The highest BCUT2D eigenvalue weighted by Gasteiger charge is 2.38. The Morgan fingerprint density at radius 1 is 1.09 bits per heavy atom. The van der Waals surface area contributed by atoms with E-state index in [2.05, 4.69) is 5.32 Å². The van der Waals surface area contributed by atoms with Gasteiger partial charge in [-0.1, -0.05) is 26.2 Å². The molecule has 0 rings (SSSR count). The molecule has 0 aromatic carbocycles. The lowest BCUT2D eigenvalue weighted by molar-refractivity contribution is -0.173. The number of rotatable bonds is 11. The minimum Gasteiger partial charge on any atom is -0.480 e. The topological polar surface area (TPSA) is 95.5 Å². The van der Waals surface area contributed by atoms with E-state index in [1.165, 1.54) is 0 Å². The Bertz CT molecular complexity index is 400. The van der Waals surface area contributed by atoms with Gasteiger partial charge in [0.15, 0.2) is 0 Å². The van der Waals surface area contributed by atoms with Gasteiger partial charge in [-0.25, -0.2) is 4.79 Å². The number of hydrogen-bond donors (Lipinski definition) is 3. The fourth-order valence-electron chi connectivity index (χ4n) is 1.82. The van der Waals surface area contributed by atoms with Crippen LogP contribution in [0, 0.1) is 0 Å². The van der Waals surface area contributed by atoms with Gasteiger partial charge in [0, 0.05) is 13.0 Å². The molecule has 3 N–H and O–H groups in total. The molecule has 0 aliphatic heterocycles. The molecule has 0 bridgehead atoms. The molecule has 0 radical (unpaired) electrons. The van der Waals surface area contributed by atoms with E-state index >= 15 is 0 Å². The molecule has 0 heterocycles. The Balaban J connectivity index is 3.81. The van der Waals surface area contributed by atoms with Crippen molar-refractivity contribution in [3.05, 3.63) is 0 Å². The van der Waals surface area contributed by atoms with E-state index in [4.69, 9.17) is 5.11 Å². The number of alkyl halides is 3. The maximum absolute atomic E-state index is 11.9. The first-order valence-electron chi connectivity index (χ1n) is 7.55. The van der Waals surface area contributed by atoms with Crippen molar-refractivity contribution < 1.29 is 32.7 Å². The first kappa shape index (κ1) is 21.2. The maximum atomic E-state index is 11.9. The highest BCUT2D eigenvalue weighted by atomic mass is 19.4. The van der Waals surface area contributed by atoms with Crippen LogP contribution in [0.3, 0.4) is 0 Å². The Morgan fingerprint density at radius 3 is 2.26 bits per heavy atom. The van der Waals surface area contributed by atoms with Gasteiger partial charge < -0.3 is 15.7 Å². The summed E-state index contributed by atoms with van der Waals surface area (Å²) < 4.78 is 35.7. The van der Waals surface area contributed by atoms with Crippen molar-refractivity contribution in [2.45, 2.75) is 64.1 Å². The van der Waals surface area contributed by atoms with Crippen LogP contribution in [-0.2, 0) is 14.4 Å². The molecule has 0 spiro atoms. The average molecular weight is 340 g/mol. The second kappa shape index (κ2) is 10.8. The number of carboxylic acids is 1. The van der Waals surface area contributed by atoms with E-state index in [9.17, 15) is 27.6 Å². The molecule has 1 unspecified atom stereocenters. The zero-order valence-corrected chi connectivity index (χ0v) is 13.0. The zero-order chi connectivity index (χ0) is 17.9. The fourth-order valence-corrected chi connectivity index (χ4v) is 1.82. The smallest absolute Gasteiger partial charge is 0.471 e. The van der Waals surface area contributed by atoms with E-state index in [1.807, 2.05) is 6.92 Å². The standard InChI is InChI=1S/C14H23F3N2O4/c1-2-3-7-10(12(21)22)19-11(20)8-5-4-6-9-18-13(23)14(15,16)17/h10H,2-9H2,1H3,(H,18,23)(H,19,20)(H,21,22). The van der Waals surface area contributed by atoms with Gasteiger partial charge in [-0.2, -0.15) is 13.2 Å². The van der Waals surface area contributed by atoms with Crippen LogP contribution in [0.1, 0.15) is 51.9 Å². The highest BCUT2D eigenvalue weighted by molar-refractivity contribution is 5.83. The maximum Gasteiger partial charge on any atom is 0.471 e. The predicted molar refractivity (Wildman–Crippen MR) is 76.6 cm³/mol. The summed E-state index contributed by atoms with van der Waals surface area (Å²) >= 11 is 0. The molecule has 0 aliphatic rings. The SMILES string of the molecule is CCCCC(NC(=O)CCCCCNC(=O)C(F)(F)F)C(=O)O. The number of unbranched alkanes of at least 4 members (excludes halogenated alkanes) is 3. The summed E-state index contributed by atoms with van der Waals surface area (Å²) in [6, 6.07) is -0.909. The van der Waals surface area contributed by atoms with Gasteiger partial charge in [0.1, 0.15) is 6.04 Å². The van der Waals surface area contributed by atoms with Gasteiger partial charge in [0.2, 0.25) is 5.91 Å². The number of hydrogen-bond acceptors (Lipinski definition) is 3. The van der Waals surface area contributed by atoms with Gasteiger partial charge in [-0.05, 0) is 19.3 Å². The molecular formula is C14H23F3N2O4. The van der Waals surface area contributed by atoms with Crippen LogP contribution in [0.5, 0.6) is 0 Å². The van der Waals surface area contributed by atoms with Gasteiger partial charge >= 0.3 is 18.1 Å². The molecule has 1 atom stereocenters. The Hall–Kier alpha value is -1.80. The Labute approximate surface area is 132 Å². The van der Waals surface area contributed by atoms with Crippen molar-refractivity contribution in [1.29, 1.82) is 0 Å². The number of amides is 2. The molecule has 0 saturated carbocycles. The van der Waals surface area contributed by atoms with Crippen LogP contribution in [0.15, 0.2) is 0 Å². The number of carbonyl (C=O) groups excluding carboxylic acids is 2. The number of nitrogens with one attached hydrogen (secondary N) is 2. The van der Waals surface area contributed by atoms with Gasteiger partial charge in [0.05, 0.1) is 0 Å². The second-order valence-electron chi connectivity index (χ2n) is 5.16. The summed E-state index contributed by atoms with van der Waals surface area (Å²) in [6.07, 6.45) is -1.73. The predicted octanol–water partition coefficient (Wildman–Crippen LogP) is 1.98. The lowest BCUT2D eigenvalue weighted by atomic mass is 10.1. The van der Waals surface area contributed by atoms with Crippen LogP contribution < -0.4 is 10.6 Å². The zero-order valence-electron chi connectivity index (χ0n) is 13.0. The Morgan fingerprint density at radius 2 is 1.74 bits per heavy atom. The summed E-state index contributed by atoms with van der Waals surface area (Å²) in [5, 5.41) is 13.1. The molecule has 134 valence electrons. The molecular weight excluding hydrogens is 317 g/mol. The van der Waals surface area contributed by atoms with E-state index in [0.29, 0.717) is 32.1 Å². The van der Waals surface area contributed by atoms with Crippen molar-refractivity contribution in [3.63, 3.8) is 0 Å². The minimum absolute atomic E-state index is 0.100. The van der Waals surface area contributed by atoms with Crippen LogP contribution in [-0.4, -0.2) is 41.7 Å². The summed E-state index contributed by atoms with van der Waals surface area (Å²) in [5.74, 6) is -3.45. The van der Waals surface area contributed by atoms with Crippen LogP contribution in [0.4, 0.5) is 13.2 Å². The number of halogens is 3. The van der Waals surface area contributed by atoms with Crippen molar-refractivity contribution in [2.24, 2.45) is 0 Å². The number of carboxylic acid groups (broad SMARTS) is 1. The molecule has 0 aromatic rings. The van der Waals surface area contributed by atoms with E-state index < -0.39 is 30.0 Å². The molecule has 2 amide bonds. The lowest BCUT2D eigenvalue weighted by Crippen LogP contribution is -2.40. The summed E-state index contributed by atoms with van der Waals surface area (Å²) in [6.45, 7) is 1.80. The number of aliphatic carboxylic acids is 1. The monoisotopic (exact) mass is 340 g/mol. The lowest BCUT2D eigenvalue weighted by Gasteiger charge is -2.14. The van der Waals surface area contributed by atoms with E-state index in [-0.39, 0.29) is 13.0 Å². The van der Waals surface area contributed by atoms with Crippen molar-refractivity contribution in [2.75, 3.05) is 6.54 Å². The largest absolute Gasteiger partial charge is 0.480 e. The fraction of sp³-hybridized carbons (Fsp3) is 0.786. The van der Waals surface area contributed by atoms with Crippen molar-refractivity contribution >= 4 is 17.8 Å². The molecule has 9 heteroatoms. The van der Waals surface area contributed by atoms with Gasteiger partial charge in [0.25, 0.3) is 0 Å². The first-order chi connectivity index (χ1) is 10.7. The summed E-state index contributed by atoms with van der Waals surface area (Å²) in [7, 11) is 0. The van der Waals surface area contributed by atoms with Crippen molar-refractivity contribution in [3.8, 4) is 0 Å². The van der Waals surface area contributed by atoms with Crippen LogP contribution >= 0.6 is 0 Å². The highest BCUT2D eigenvalue weighted by Crippen LogP contribution is 2.14. The first-order valence-corrected chi connectivity index (χ1v) is 7.55. The minimum atomic E-state index is -4.88. The molecule has 0 aromatic heterocycles. The third kappa shape index (κ3) is 10.5. The molecule has 23 heavy (non-hydrogen) atoms. The molecule has 0 fully saturated rings. The van der Waals surface area contributed by atoms with Crippen LogP contribution in [0.25, 0.3) is 0 Å². The third-order valence-corrected chi connectivity index (χ3v) is 3.10. The normalized spacial score (nSPS) is 12.5. The molecule has 0 saturated heterocycles. The quantitative estimate of drug-likeness (QED) is 0.501. The third-order valence-electron chi connectivity index (χ3n) is 3.10. The average Bonchev–Trinajstić information content (AvgIpc) is 2.45. The van der Waals surface area contributed by atoms with E-state index in [0.717, 1.165) is 6.42 Å². The van der Waals surface area contributed by atoms with Gasteiger partial charge in [-0.3, -0.25) is 9.59 Å². The van der Waals surface area contributed by atoms with Crippen molar-refractivity contribution in [1.82, 2.24) is 10.6 Å². The molecule has 0 aliphatic carbocycles.